The van der Waals surface area contributed by atoms with Crippen LogP contribution < -0.4 is 5.32 Å². The number of rotatable bonds is 5. The third-order valence-corrected chi connectivity index (χ3v) is 4.87. The second-order valence-electron chi connectivity index (χ2n) is 6.91. The van der Waals surface area contributed by atoms with Gasteiger partial charge >= 0.3 is 0 Å². The maximum absolute atomic E-state index is 11.9. The molecule has 1 amide bonds. The fourth-order valence-corrected chi connectivity index (χ4v) is 3.40. The Morgan fingerprint density at radius 2 is 2.08 bits per heavy atom. The van der Waals surface area contributed by atoms with Crippen molar-refractivity contribution in [3.8, 4) is 0 Å². The highest BCUT2D eigenvalue weighted by Crippen LogP contribution is 2.29. The Hall–Kier alpha value is -1.63. The molecule has 0 radical (unpaired) electrons. The molecule has 0 spiro atoms. The van der Waals surface area contributed by atoms with Crippen molar-refractivity contribution in [1.29, 1.82) is 0 Å². The first-order valence-corrected chi connectivity index (χ1v) is 8.61. The van der Waals surface area contributed by atoms with Gasteiger partial charge in [0.2, 0.25) is 5.91 Å². The van der Waals surface area contributed by atoms with E-state index in [9.17, 15) is 4.79 Å². The standard InChI is InChI=1S/C18H23N5O.2ClH/c1-22-10-13(6-21-22)11-23-5-4-17-15(7-19-8-16(17)12-23)9-20-18(24)14-2-3-14;;/h6-8,10,14H,2-5,9,11-12H2,1H3,(H,20,24);2*1H. The van der Waals surface area contributed by atoms with Crippen molar-refractivity contribution in [2.24, 2.45) is 13.0 Å². The Morgan fingerprint density at radius 1 is 1.27 bits per heavy atom. The SMILES string of the molecule is Cl.Cl.Cn1cc(CN2CCc3c(CNC(=O)C4CC4)cncc3C2)cn1. The lowest BCUT2D eigenvalue weighted by Crippen LogP contribution is -2.32. The molecule has 8 heteroatoms. The van der Waals surface area contributed by atoms with Crippen LogP contribution in [0.4, 0.5) is 0 Å². The number of pyridine rings is 1. The molecule has 2 aliphatic rings. The molecule has 1 N–H and O–H groups in total. The molecule has 142 valence electrons. The number of fused-ring (bicyclic) bond motifs is 1. The van der Waals surface area contributed by atoms with Crippen LogP contribution in [0.15, 0.2) is 24.8 Å². The molecule has 0 saturated heterocycles. The van der Waals surface area contributed by atoms with Crippen LogP contribution in [-0.2, 0) is 37.9 Å². The third kappa shape index (κ3) is 4.75. The van der Waals surface area contributed by atoms with Crippen molar-refractivity contribution in [3.63, 3.8) is 0 Å². The molecule has 1 saturated carbocycles. The zero-order chi connectivity index (χ0) is 16.5. The van der Waals surface area contributed by atoms with Gasteiger partial charge in [0.25, 0.3) is 0 Å². The maximum Gasteiger partial charge on any atom is 0.223 e. The number of halogens is 2. The van der Waals surface area contributed by atoms with E-state index < -0.39 is 0 Å². The van der Waals surface area contributed by atoms with E-state index in [1.54, 1.807) is 0 Å². The third-order valence-electron chi connectivity index (χ3n) is 4.87. The van der Waals surface area contributed by atoms with Gasteiger partial charge in [0, 0.05) is 63.3 Å². The highest BCUT2D eigenvalue weighted by molar-refractivity contribution is 5.85. The molecule has 0 bridgehead atoms. The predicted octanol–water partition coefficient (Wildman–Crippen LogP) is 2.24. The normalized spacial score (nSPS) is 16.2. The molecule has 1 aliphatic carbocycles. The van der Waals surface area contributed by atoms with Crippen molar-refractivity contribution in [2.75, 3.05) is 6.54 Å². The van der Waals surface area contributed by atoms with Gasteiger partial charge in [-0.1, -0.05) is 0 Å². The number of carbonyl (C=O) groups is 1. The van der Waals surface area contributed by atoms with Crippen LogP contribution in [0.2, 0.25) is 0 Å². The van der Waals surface area contributed by atoms with E-state index in [0.29, 0.717) is 6.54 Å². The first-order valence-electron chi connectivity index (χ1n) is 8.61. The monoisotopic (exact) mass is 397 g/mol. The molecular formula is C18H25Cl2N5O. The first-order chi connectivity index (χ1) is 11.7. The molecule has 26 heavy (non-hydrogen) atoms. The van der Waals surface area contributed by atoms with Gasteiger partial charge in [-0.15, -0.1) is 24.8 Å². The van der Waals surface area contributed by atoms with Gasteiger partial charge in [-0.3, -0.25) is 19.4 Å². The summed E-state index contributed by atoms with van der Waals surface area (Å²) in [5.41, 5.74) is 5.05. The van der Waals surface area contributed by atoms with Gasteiger partial charge in [0.1, 0.15) is 0 Å². The molecule has 2 aromatic heterocycles. The van der Waals surface area contributed by atoms with Crippen molar-refractivity contribution >= 4 is 30.7 Å². The predicted molar refractivity (Wildman–Crippen MR) is 104 cm³/mol. The van der Waals surface area contributed by atoms with E-state index in [4.69, 9.17) is 0 Å². The van der Waals surface area contributed by atoms with E-state index in [1.807, 2.05) is 30.3 Å². The summed E-state index contributed by atoms with van der Waals surface area (Å²) in [5, 5.41) is 7.30. The van der Waals surface area contributed by atoms with Crippen LogP contribution in [0, 0.1) is 5.92 Å². The Labute approximate surface area is 166 Å². The zero-order valence-corrected chi connectivity index (χ0v) is 16.5. The summed E-state index contributed by atoms with van der Waals surface area (Å²) in [7, 11) is 1.95. The van der Waals surface area contributed by atoms with Crippen LogP contribution in [0.3, 0.4) is 0 Å². The van der Waals surface area contributed by atoms with E-state index in [0.717, 1.165) is 38.9 Å². The quantitative estimate of drug-likeness (QED) is 0.839. The van der Waals surface area contributed by atoms with Crippen LogP contribution in [0.1, 0.15) is 35.1 Å². The highest BCUT2D eigenvalue weighted by Gasteiger charge is 2.29. The highest BCUT2D eigenvalue weighted by atomic mass is 35.5. The number of aryl methyl sites for hydroxylation is 1. The smallest absolute Gasteiger partial charge is 0.223 e. The molecule has 6 nitrogen and oxygen atoms in total. The summed E-state index contributed by atoms with van der Waals surface area (Å²) in [6, 6.07) is 0. The molecule has 1 aliphatic heterocycles. The summed E-state index contributed by atoms with van der Waals surface area (Å²) in [4.78, 5) is 18.7. The van der Waals surface area contributed by atoms with Crippen LogP contribution >= 0.6 is 24.8 Å². The Morgan fingerprint density at radius 3 is 2.77 bits per heavy atom. The summed E-state index contributed by atoms with van der Waals surface area (Å²) in [6.07, 6.45) is 11.0. The van der Waals surface area contributed by atoms with Gasteiger partial charge in [0.05, 0.1) is 6.20 Å². The van der Waals surface area contributed by atoms with Gasteiger partial charge in [-0.05, 0) is 36.0 Å². The van der Waals surface area contributed by atoms with Crippen LogP contribution in [0.5, 0.6) is 0 Å². The maximum atomic E-state index is 11.9. The van der Waals surface area contributed by atoms with Gasteiger partial charge in [-0.25, -0.2) is 0 Å². The van der Waals surface area contributed by atoms with Crippen LogP contribution in [-0.4, -0.2) is 32.1 Å². The molecule has 2 aromatic rings. The molecule has 0 atom stereocenters. The van der Waals surface area contributed by atoms with E-state index in [2.05, 4.69) is 26.5 Å². The van der Waals surface area contributed by atoms with Crippen molar-refractivity contribution in [1.82, 2.24) is 25.0 Å². The summed E-state index contributed by atoms with van der Waals surface area (Å²) < 4.78 is 1.84. The number of nitrogens with zero attached hydrogens (tertiary/aromatic N) is 4. The Kier molecular flexibility index (Phi) is 7.03. The number of nitrogens with one attached hydrogen (secondary N) is 1. The fraction of sp³-hybridized carbons (Fsp3) is 0.500. The molecule has 4 rings (SSSR count). The number of aromatic nitrogens is 3. The molecule has 1 fully saturated rings. The minimum atomic E-state index is 0. The number of hydrogen-bond donors (Lipinski definition) is 1. The van der Waals surface area contributed by atoms with E-state index in [-0.39, 0.29) is 36.6 Å². The molecular weight excluding hydrogens is 373 g/mol. The number of amides is 1. The van der Waals surface area contributed by atoms with Crippen molar-refractivity contribution in [3.05, 3.63) is 47.0 Å². The first kappa shape index (κ1) is 20.7. The summed E-state index contributed by atoms with van der Waals surface area (Å²) >= 11 is 0. The lowest BCUT2D eigenvalue weighted by molar-refractivity contribution is -0.122. The molecule has 3 heterocycles. The number of carbonyl (C=O) groups excluding carboxylic acids is 1. The number of hydrogen-bond acceptors (Lipinski definition) is 4. The topological polar surface area (TPSA) is 63.0 Å². The summed E-state index contributed by atoms with van der Waals surface area (Å²) in [5.74, 6) is 0.453. The average molecular weight is 398 g/mol. The van der Waals surface area contributed by atoms with E-state index in [1.165, 1.54) is 22.3 Å². The van der Waals surface area contributed by atoms with Crippen molar-refractivity contribution in [2.45, 2.75) is 38.9 Å². The lowest BCUT2D eigenvalue weighted by atomic mass is 9.97. The Balaban J connectivity index is 0.00000121. The summed E-state index contributed by atoms with van der Waals surface area (Å²) in [6.45, 7) is 3.45. The molecule has 0 aromatic carbocycles. The zero-order valence-electron chi connectivity index (χ0n) is 14.9. The average Bonchev–Trinajstić information content (AvgIpc) is 3.36. The minimum absolute atomic E-state index is 0. The molecule has 0 unspecified atom stereocenters. The largest absolute Gasteiger partial charge is 0.352 e. The second kappa shape index (κ2) is 8.84. The second-order valence-corrected chi connectivity index (χ2v) is 6.91. The lowest BCUT2D eigenvalue weighted by Gasteiger charge is -2.29. The van der Waals surface area contributed by atoms with E-state index >= 15 is 0 Å². The van der Waals surface area contributed by atoms with Crippen molar-refractivity contribution < 1.29 is 4.79 Å². The Bertz CT molecular complexity index is 760. The van der Waals surface area contributed by atoms with Gasteiger partial charge in [-0.2, -0.15) is 5.10 Å². The fourth-order valence-electron chi connectivity index (χ4n) is 3.40. The van der Waals surface area contributed by atoms with Crippen LogP contribution in [0.25, 0.3) is 0 Å². The van der Waals surface area contributed by atoms with Gasteiger partial charge in [0.15, 0.2) is 0 Å². The van der Waals surface area contributed by atoms with Gasteiger partial charge < -0.3 is 5.32 Å². The minimum Gasteiger partial charge on any atom is -0.352 e.